The molecule has 4 aromatic rings. The van der Waals surface area contributed by atoms with Gasteiger partial charge in [-0.3, -0.25) is 23.5 Å². The van der Waals surface area contributed by atoms with Crippen LogP contribution in [0.4, 0.5) is 0 Å². The van der Waals surface area contributed by atoms with Gasteiger partial charge >= 0.3 is 11.7 Å². The molecule has 0 N–H and O–H groups in total. The lowest BCUT2D eigenvalue weighted by Gasteiger charge is -2.09. The Hall–Kier alpha value is -3.42. The molecule has 3 aromatic heterocycles. The fourth-order valence-electron chi connectivity index (χ4n) is 3.05. The van der Waals surface area contributed by atoms with Gasteiger partial charge in [-0.25, -0.2) is 4.79 Å². The number of imidazole rings is 1. The summed E-state index contributed by atoms with van der Waals surface area (Å²) in [5.74, 6) is 0.537. The van der Waals surface area contributed by atoms with Crippen molar-refractivity contribution < 1.29 is 4.74 Å². The molecule has 0 unspecified atom stereocenters. The normalized spacial score (nSPS) is 11.3. The zero-order chi connectivity index (χ0) is 18.4. The van der Waals surface area contributed by atoms with Crippen molar-refractivity contribution in [3.63, 3.8) is 0 Å². The van der Waals surface area contributed by atoms with E-state index in [9.17, 15) is 9.59 Å². The Bertz CT molecular complexity index is 1260. The van der Waals surface area contributed by atoms with E-state index in [1.165, 1.54) is 11.6 Å². The summed E-state index contributed by atoms with van der Waals surface area (Å²) in [5.41, 5.74) is 0.500. The van der Waals surface area contributed by atoms with Crippen LogP contribution < -0.4 is 16.0 Å². The van der Waals surface area contributed by atoms with Crippen molar-refractivity contribution in [3.8, 4) is 11.8 Å². The Morgan fingerprint density at radius 2 is 1.85 bits per heavy atom. The van der Waals surface area contributed by atoms with Crippen molar-refractivity contribution in [3.05, 3.63) is 57.4 Å². The van der Waals surface area contributed by atoms with Crippen LogP contribution in [0.3, 0.4) is 0 Å². The van der Waals surface area contributed by atoms with E-state index in [2.05, 4.69) is 9.97 Å². The third kappa shape index (κ3) is 2.22. The lowest BCUT2D eigenvalue weighted by molar-refractivity contribution is 0.422. The SMILES string of the molecule is CCn1c(Oc2cccc3cccnc23)nc2c1c(=O)n(C)c(=O)n2C. The number of ether oxygens (including phenoxy) is 1. The number of rotatable bonds is 3. The monoisotopic (exact) mass is 351 g/mol. The molecule has 26 heavy (non-hydrogen) atoms. The zero-order valence-corrected chi connectivity index (χ0v) is 14.6. The molecule has 0 radical (unpaired) electrons. The molecule has 1 aromatic carbocycles. The molecule has 0 spiro atoms. The third-order valence-corrected chi connectivity index (χ3v) is 4.43. The van der Waals surface area contributed by atoms with E-state index in [4.69, 9.17) is 4.74 Å². The Balaban J connectivity index is 1.98. The highest BCUT2D eigenvalue weighted by Gasteiger charge is 2.20. The molecule has 0 bridgehead atoms. The van der Waals surface area contributed by atoms with Crippen LogP contribution in [0.2, 0.25) is 0 Å². The molecule has 8 nitrogen and oxygen atoms in total. The van der Waals surface area contributed by atoms with Crippen molar-refractivity contribution in [2.45, 2.75) is 13.5 Å². The van der Waals surface area contributed by atoms with Crippen molar-refractivity contribution in [2.24, 2.45) is 14.1 Å². The zero-order valence-electron chi connectivity index (χ0n) is 14.6. The minimum atomic E-state index is -0.429. The minimum Gasteiger partial charge on any atom is -0.423 e. The Labute approximate surface area is 147 Å². The summed E-state index contributed by atoms with van der Waals surface area (Å²) in [7, 11) is 3.03. The summed E-state index contributed by atoms with van der Waals surface area (Å²) >= 11 is 0. The molecule has 4 rings (SSSR count). The summed E-state index contributed by atoms with van der Waals surface area (Å²) in [6.45, 7) is 2.36. The van der Waals surface area contributed by atoms with E-state index in [0.29, 0.717) is 29.0 Å². The molecule has 0 saturated heterocycles. The number of para-hydroxylation sites is 1. The largest absolute Gasteiger partial charge is 0.423 e. The number of aryl methyl sites for hydroxylation is 2. The predicted octanol–water partition coefficient (Wildman–Crippen LogP) is 1.79. The number of benzene rings is 1. The summed E-state index contributed by atoms with van der Waals surface area (Å²) in [5, 5.41) is 0.937. The van der Waals surface area contributed by atoms with Crippen LogP contribution >= 0.6 is 0 Å². The Kier molecular flexibility index (Phi) is 3.61. The summed E-state index contributed by atoms with van der Waals surface area (Å²) in [6.07, 6.45) is 1.69. The van der Waals surface area contributed by atoms with Gasteiger partial charge in [0.05, 0.1) is 0 Å². The van der Waals surface area contributed by atoms with Gasteiger partial charge in [0.15, 0.2) is 16.9 Å². The smallest absolute Gasteiger partial charge is 0.332 e. The molecular formula is C18H17N5O3. The summed E-state index contributed by atoms with van der Waals surface area (Å²) < 4.78 is 10.1. The van der Waals surface area contributed by atoms with Crippen LogP contribution in [0.25, 0.3) is 22.1 Å². The fourth-order valence-corrected chi connectivity index (χ4v) is 3.05. The third-order valence-electron chi connectivity index (χ3n) is 4.43. The van der Waals surface area contributed by atoms with Gasteiger partial charge in [0.2, 0.25) is 0 Å². The summed E-state index contributed by atoms with van der Waals surface area (Å²) in [6, 6.07) is 9.65. The Morgan fingerprint density at radius 3 is 2.62 bits per heavy atom. The highest BCUT2D eigenvalue weighted by molar-refractivity contribution is 5.84. The second-order valence-corrected chi connectivity index (χ2v) is 5.95. The van der Waals surface area contributed by atoms with E-state index in [1.807, 2.05) is 31.2 Å². The van der Waals surface area contributed by atoms with Crippen molar-refractivity contribution in [1.82, 2.24) is 23.7 Å². The fraction of sp³-hybridized carbons (Fsp3) is 0.222. The molecule has 0 aliphatic heterocycles. The Morgan fingerprint density at radius 1 is 1.08 bits per heavy atom. The molecule has 0 fully saturated rings. The van der Waals surface area contributed by atoms with Gasteiger partial charge in [-0.2, -0.15) is 4.98 Å². The van der Waals surface area contributed by atoms with Gasteiger partial charge in [0.25, 0.3) is 5.56 Å². The number of fused-ring (bicyclic) bond motifs is 2. The maximum atomic E-state index is 12.6. The first-order valence-corrected chi connectivity index (χ1v) is 8.20. The maximum Gasteiger partial charge on any atom is 0.332 e. The molecular weight excluding hydrogens is 334 g/mol. The molecule has 0 aliphatic carbocycles. The first-order chi connectivity index (χ1) is 12.5. The molecule has 0 saturated carbocycles. The van der Waals surface area contributed by atoms with Gasteiger partial charge in [-0.05, 0) is 19.1 Å². The van der Waals surface area contributed by atoms with Gasteiger partial charge in [0.1, 0.15) is 5.52 Å². The number of nitrogens with zero attached hydrogens (tertiary/aromatic N) is 5. The van der Waals surface area contributed by atoms with Crippen LogP contribution in [-0.2, 0) is 20.6 Å². The maximum absolute atomic E-state index is 12.6. The highest BCUT2D eigenvalue weighted by atomic mass is 16.5. The standard InChI is InChI=1S/C18H17N5O3/c1-4-23-14-15(21(2)18(25)22(3)16(14)24)20-17(23)26-12-9-5-7-11-8-6-10-19-13(11)12/h5-10H,4H2,1-3H3. The molecule has 132 valence electrons. The van der Waals surface area contributed by atoms with E-state index < -0.39 is 11.2 Å². The summed E-state index contributed by atoms with van der Waals surface area (Å²) in [4.78, 5) is 33.5. The van der Waals surface area contributed by atoms with Gasteiger partial charge < -0.3 is 4.74 Å². The average Bonchev–Trinajstić information content (AvgIpc) is 3.03. The van der Waals surface area contributed by atoms with Crippen molar-refractivity contribution in [1.29, 1.82) is 0 Å². The lowest BCUT2D eigenvalue weighted by Crippen LogP contribution is -2.37. The van der Waals surface area contributed by atoms with Gasteiger partial charge in [-0.15, -0.1) is 0 Å². The quantitative estimate of drug-likeness (QED) is 0.562. The highest BCUT2D eigenvalue weighted by Crippen LogP contribution is 2.29. The molecule has 8 heteroatoms. The molecule has 0 aliphatic rings. The number of aromatic nitrogens is 5. The van der Waals surface area contributed by atoms with Crippen LogP contribution in [0, 0.1) is 0 Å². The topological polar surface area (TPSA) is 83.9 Å². The predicted molar refractivity (Wildman–Crippen MR) is 97.7 cm³/mol. The van der Waals surface area contributed by atoms with Crippen LogP contribution in [0.1, 0.15) is 6.92 Å². The lowest BCUT2D eigenvalue weighted by atomic mass is 10.2. The van der Waals surface area contributed by atoms with Crippen LogP contribution in [0.15, 0.2) is 46.1 Å². The van der Waals surface area contributed by atoms with Crippen LogP contribution in [-0.4, -0.2) is 23.7 Å². The van der Waals surface area contributed by atoms with E-state index >= 15 is 0 Å². The van der Waals surface area contributed by atoms with E-state index in [0.717, 1.165) is 9.95 Å². The van der Waals surface area contributed by atoms with Gasteiger partial charge in [0, 0.05) is 32.2 Å². The van der Waals surface area contributed by atoms with Crippen molar-refractivity contribution >= 4 is 22.1 Å². The van der Waals surface area contributed by atoms with Crippen molar-refractivity contribution in [2.75, 3.05) is 0 Å². The molecule has 3 heterocycles. The van der Waals surface area contributed by atoms with E-state index in [-0.39, 0.29) is 6.01 Å². The van der Waals surface area contributed by atoms with E-state index in [1.54, 1.807) is 23.9 Å². The first kappa shape index (κ1) is 16.1. The molecule has 0 amide bonds. The minimum absolute atomic E-state index is 0.249. The number of hydrogen-bond acceptors (Lipinski definition) is 5. The number of pyridine rings is 1. The second-order valence-electron chi connectivity index (χ2n) is 5.95. The first-order valence-electron chi connectivity index (χ1n) is 8.20. The average molecular weight is 351 g/mol. The number of hydrogen-bond donors (Lipinski definition) is 0. The van der Waals surface area contributed by atoms with Crippen LogP contribution in [0.5, 0.6) is 11.8 Å². The van der Waals surface area contributed by atoms with Gasteiger partial charge in [-0.1, -0.05) is 18.2 Å². The second kappa shape index (κ2) is 5.83. The molecule has 0 atom stereocenters.